The van der Waals surface area contributed by atoms with Crippen molar-refractivity contribution in [2.24, 2.45) is 5.92 Å². The zero-order valence-electron chi connectivity index (χ0n) is 10.6. The number of likely N-dealkylation sites (N-methyl/N-ethyl adjacent to an activating group) is 1. The minimum Gasteiger partial charge on any atom is -0.313 e. The summed E-state index contributed by atoms with van der Waals surface area (Å²) in [4.78, 5) is 1.29. The molecule has 0 aromatic rings. The number of rotatable bonds is 7. The van der Waals surface area contributed by atoms with Gasteiger partial charge in [0, 0.05) is 19.1 Å². The number of nitrogens with zero attached hydrogens (tertiary/aromatic N) is 1. The molecule has 0 saturated heterocycles. The van der Waals surface area contributed by atoms with E-state index < -0.39 is 12.7 Å². The maximum absolute atomic E-state index is 12.0. The van der Waals surface area contributed by atoms with E-state index in [0.29, 0.717) is 25.0 Å². The van der Waals surface area contributed by atoms with Gasteiger partial charge in [-0.1, -0.05) is 20.3 Å². The largest absolute Gasteiger partial charge is 0.401 e. The van der Waals surface area contributed by atoms with E-state index in [9.17, 15) is 13.2 Å². The average Bonchev–Trinajstić information content (AvgIpc) is 2.13. The summed E-state index contributed by atoms with van der Waals surface area (Å²) in [7, 11) is 1.49. The lowest BCUT2D eigenvalue weighted by Crippen LogP contribution is -2.40. The van der Waals surface area contributed by atoms with E-state index in [1.54, 1.807) is 0 Å². The molecule has 0 saturated carbocycles. The molecule has 0 fully saturated rings. The van der Waals surface area contributed by atoms with Gasteiger partial charge in [-0.3, -0.25) is 4.90 Å². The number of hydrogen-bond acceptors (Lipinski definition) is 2. The van der Waals surface area contributed by atoms with Gasteiger partial charge in [0.1, 0.15) is 0 Å². The second-order valence-corrected chi connectivity index (χ2v) is 4.48. The first-order valence-corrected chi connectivity index (χ1v) is 5.75. The van der Waals surface area contributed by atoms with E-state index in [0.717, 1.165) is 6.42 Å². The summed E-state index contributed by atoms with van der Waals surface area (Å²) in [6, 6.07) is 0.351. The maximum atomic E-state index is 12.0. The van der Waals surface area contributed by atoms with Gasteiger partial charge in [-0.2, -0.15) is 13.2 Å². The second-order valence-electron chi connectivity index (χ2n) is 4.48. The third kappa shape index (κ3) is 7.93. The maximum Gasteiger partial charge on any atom is 0.401 e. The van der Waals surface area contributed by atoms with Crippen LogP contribution >= 0.6 is 0 Å². The Bertz CT molecular complexity index is 183. The van der Waals surface area contributed by atoms with Gasteiger partial charge in [-0.15, -0.1) is 0 Å². The predicted molar refractivity (Wildman–Crippen MR) is 60.5 cm³/mol. The smallest absolute Gasteiger partial charge is 0.313 e. The molecule has 98 valence electrons. The van der Waals surface area contributed by atoms with Crippen LogP contribution in [0.3, 0.4) is 0 Å². The lowest BCUT2D eigenvalue weighted by atomic mass is 10.0. The fraction of sp³-hybridized carbons (Fsp3) is 1.00. The molecule has 0 aliphatic carbocycles. The Morgan fingerprint density at radius 3 is 2.25 bits per heavy atom. The molecular weight excluding hydrogens is 217 g/mol. The summed E-state index contributed by atoms with van der Waals surface area (Å²) in [5.41, 5.74) is 0. The van der Waals surface area contributed by atoms with Gasteiger partial charge in [0.05, 0.1) is 6.54 Å². The van der Waals surface area contributed by atoms with Crippen molar-refractivity contribution in [2.75, 3.05) is 26.7 Å². The molecule has 0 rings (SSSR count). The van der Waals surface area contributed by atoms with Gasteiger partial charge < -0.3 is 5.32 Å². The third-order valence-electron chi connectivity index (χ3n) is 2.91. The molecule has 1 N–H and O–H groups in total. The Labute approximate surface area is 96.2 Å². The molecular formula is C11H23F3N2. The van der Waals surface area contributed by atoms with Gasteiger partial charge in [0.2, 0.25) is 0 Å². The number of alkyl halides is 3. The Morgan fingerprint density at radius 1 is 1.25 bits per heavy atom. The highest BCUT2D eigenvalue weighted by molar-refractivity contribution is 4.68. The molecule has 2 atom stereocenters. The Hall–Kier alpha value is -0.290. The summed E-state index contributed by atoms with van der Waals surface area (Å²) >= 11 is 0. The number of nitrogens with one attached hydrogen (secondary N) is 1. The van der Waals surface area contributed by atoms with Gasteiger partial charge in [-0.25, -0.2) is 0 Å². The van der Waals surface area contributed by atoms with Gasteiger partial charge in [0.25, 0.3) is 0 Å². The Balaban J connectivity index is 3.66. The molecule has 2 nitrogen and oxygen atoms in total. The first-order chi connectivity index (χ1) is 7.26. The average molecular weight is 240 g/mol. The van der Waals surface area contributed by atoms with E-state index >= 15 is 0 Å². The first-order valence-electron chi connectivity index (χ1n) is 5.75. The van der Waals surface area contributed by atoms with E-state index in [2.05, 4.69) is 26.1 Å². The molecule has 0 bridgehead atoms. The van der Waals surface area contributed by atoms with Crippen molar-refractivity contribution >= 4 is 0 Å². The number of hydrogen-bond donors (Lipinski definition) is 1. The first kappa shape index (κ1) is 15.7. The molecule has 0 amide bonds. The van der Waals surface area contributed by atoms with Crippen LogP contribution in [0.25, 0.3) is 0 Å². The van der Waals surface area contributed by atoms with E-state index in [4.69, 9.17) is 0 Å². The topological polar surface area (TPSA) is 15.3 Å². The molecule has 0 aliphatic rings. The highest BCUT2D eigenvalue weighted by Crippen LogP contribution is 2.15. The molecule has 0 aromatic carbocycles. The lowest BCUT2D eigenvalue weighted by molar-refractivity contribution is -0.142. The molecule has 5 heteroatoms. The standard InChI is InChI=1S/C11H23F3N2/c1-5-9(2)10(3)15-6-7-16(4)8-11(12,13)14/h9-10,15H,5-8H2,1-4H3. The predicted octanol–water partition coefficient (Wildman–Crippen LogP) is 2.50. The molecule has 0 heterocycles. The van der Waals surface area contributed by atoms with E-state index in [-0.39, 0.29) is 0 Å². The highest BCUT2D eigenvalue weighted by Gasteiger charge is 2.28. The van der Waals surface area contributed by atoms with Crippen molar-refractivity contribution in [1.29, 1.82) is 0 Å². The quantitative estimate of drug-likeness (QED) is 0.735. The fourth-order valence-electron chi connectivity index (χ4n) is 1.42. The summed E-state index contributed by atoms with van der Waals surface area (Å²) in [5, 5.41) is 3.24. The van der Waals surface area contributed by atoms with Crippen LogP contribution in [0.1, 0.15) is 27.2 Å². The van der Waals surface area contributed by atoms with Gasteiger partial charge >= 0.3 is 6.18 Å². The van der Waals surface area contributed by atoms with Gasteiger partial charge in [0.15, 0.2) is 0 Å². The van der Waals surface area contributed by atoms with Gasteiger partial charge in [-0.05, 0) is 19.9 Å². The van der Waals surface area contributed by atoms with Crippen molar-refractivity contribution in [3.05, 3.63) is 0 Å². The van der Waals surface area contributed by atoms with Crippen LogP contribution in [0.4, 0.5) is 13.2 Å². The Kier molecular flexibility index (Phi) is 6.99. The summed E-state index contributed by atoms with van der Waals surface area (Å²) < 4.78 is 36.0. The summed E-state index contributed by atoms with van der Waals surface area (Å²) in [5.74, 6) is 0.549. The van der Waals surface area contributed by atoms with Crippen molar-refractivity contribution in [3.63, 3.8) is 0 Å². The zero-order valence-corrected chi connectivity index (χ0v) is 10.6. The van der Waals surface area contributed by atoms with Crippen molar-refractivity contribution < 1.29 is 13.2 Å². The molecule has 0 radical (unpaired) electrons. The Morgan fingerprint density at radius 2 is 1.81 bits per heavy atom. The van der Waals surface area contributed by atoms with Crippen molar-refractivity contribution in [2.45, 2.75) is 39.4 Å². The van der Waals surface area contributed by atoms with Crippen molar-refractivity contribution in [1.82, 2.24) is 10.2 Å². The SMILES string of the molecule is CCC(C)C(C)NCCN(C)CC(F)(F)F. The molecule has 16 heavy (non-hydrogen) atoms. The summed E-state index contributed by atoms with van der Waals surface area (Å²) in [6.45, 7) is 6.48. The van der Waals surface area contributed by atoms with Crippen LogP contribution in [0.5, 0.6) is 0 Å². The lowest BCUT2D eigenvalue weighted by Gasteiger charge is -2.23. The summed E-state index contributed by atoms with van der Waals surface area (Å²) in [6.07, 6.45) is -3.02. The van der Waals surface area contributed by atoms with Crippen molar-refractivity contribution in [3.8, 4) is 0 Å². The minimum absolute atomic E-state index is 0.351. The fourth-order valence-corrected chi connectivity index (χ4v) is 1.42. The van der Waals surface area contributed by atoms with Crippen LogP contribution < -0.4 is 5.32 Å². The van der Waals surface area contributed by atoms with Crippen LogP contribution in [0.2, 0.25) is 0 Å². The molecule has 0 spiro atoms. The molecule has 0 aromatic heterocycles. The van der Waals surface area contributed by atoms with Crippen LogP contribution in [-0.2, 0) is 0 Å². The molecule has 2 unspecified atom stereocenters. The van der Waals surface area contributed by atoms with E-state index in [1.807, 2.05) is 0 Å². The van der Waals surface area contributed by atoms with Crippen LogP contribution in [0.15, 0.2) is 0 Å². The monoisotopic (exact) mass is 240 g/mol. The normalized spacial score (nSPS) is 16.5. The van der Waals surface area contributed by atoms with E-state index in [1.165, 1.54) is 11.9 Å². The highest BCUT2D eigenvalue weighted by atomic mass is 19.4. The number of halogens is 3. The van der Waals surface area contributed by atoms with Crippen LogP contribution in [-0.4, -0.2) is 43.8 Å². The third-order valence-corrected chi connectivity index (χ3v) is 2.91. The van der Waals surface area contributed by atoms with Crippen LogP contribution in [0, 0.1) is 5.92 Å². The minimum atomic E-state index is -4.10. The zero-order chi connectivity index (χ0) is 12.8. The second kappa shape index (κ2) is 7.12. The molecule has 0 aliphatic heterocycles.